The van der Waals surface area contributed by atoms with Crippen LogP contribution in [0.4, 0.5) is 11.5 Å². The number of anilines is 2. The molecule has 0 saturated heterocycles. The number of nitrogens with two attached hydrogens (primary N) is 1. The highest BCUT2D eigenvalue weighted by Gasteiger charge is 2.11. The Morgan fingerprint density at radius 2 is 2.10 bits per heavy atom. The van der Waals surface area contributed by atoms with E-state index in [1.54, 1.807) is 0 Å². The van der Waals surface area contributed by atoms with Crippen LogP contribution in [0.5, 0.6) is 0 Å². The molecule has 0 spiro atoms. The number of nitrogens with one attached hydrogen (secondary N) is 2. The summed E-state index contributed by atoms with van der Waals surface area (Å²) in [7, 11) is 0. The van der Waals surface area contributed by atoms with E-state index < -0.39 is 0 Å². The van der Waals surface area contributed by atoms with E-state index in [1.165, 1.54) is 12.1 Å². The molecule has 0 aliphatic heterocycles. The second-order valence-electron chi connectivity index (χ2n) is 4.15. The molecule has 0 unspecified atom stereocenters. The van der Waals surface area contributed by atoms with Gasteiger partial charge in [-0.2, -0.15) is 0 Å². The molecule has 1 heterocycles. The van der Waals surface area contributed by atoms with Crippen LogP contribution in [-0.4, -0.2) is 10.9 Å². The van der Waals surface area contributed by atoms with Gasteiger partial charge in [0, 0.05) is 10.0 Å². The molecule has 0 aliphatic rings. The lowest BCUT2D eigenvalue weighted by atomic mass is 10.2. The van der Waals surface area contributed by atoms with Crippen LogP contribution in [0, 0.1) is 6.92 Å². The fourth-order valence-electron chi connectivity index (χ4n) is 1.62. The van der Waals surface area contributed by atoms with Crippen molar-refractivity contribution in [3.63, 3.8) is 0 Å². The van der Waals surface area contributed by atoms with Crippen molar-refractivity contribution < 1.29 is 4.79 Å². The monoisotopic (exact) mass is 354 g/mol. The number of benzene rings is 1. The van der Waals surface area contributed by atoms with E-state index in [0.29, 0.717) is 17.1 Å². The number of aryl methyl sites for hydroxylation is 1. The van der Waals surface area contributed by atoms with Crippen molar-refractivity contribution in [3.05, 3.63) is 51.1 Å². The molecule has 0 fully saturated rings. The van der Waals surface area contributed by atoms with Gasteiger partial charge in [-0.3, -0.25) is 4.79 Å². The molecule has 1 amide bonds. The Labute approximate surface area is 129 Å². The Balaban J connectivity index is 2.26. The first-order chi connectivity index (χ1) is 9.49. The normalized spacial score (nSPS) is 10.2. The average Bonchev–Trinajstić information content (AvgIpc) is 2.41. The van der Waals surface area contributed by atoms with Crippen LogP contribution in [0.3, 0.4) is 0 Å². The minimum atomic E-state index is -0.296. The first-order valence-electron chi connectivity index (χ1n) is 5.71. The van der Waals surface area contributed by atoms with E-state index in [-0.39, 0.29) is 11.1 Å². The molecule has 0 radical (unpaired) electrons. The third-order valence-electron chi connectivity index (χ3n) is 2.58. The zero-order chi connectivity index (χ0) is 14.7. The zero-order valence-electron chi connectivity index (χ0n) is 10.6. The van der Waals surface area contributed by atoms with Gasteiger partial charge in [0.2, 0.25) is 0 Å². The van der Waals surface area contributed by atoms with Crippen molar-refractivity contribution in [2.75, 3.05) is 10.7 Å². The molecule has 0 atom stereocenters. The van der Waals surface area contributed by atoms with Crippen LogP contribution < -0.4 is 16.6 Å². The minimum absolute atomic E-state index is 0.188. The fraction of sp³-hybridized carbons (Fsp3) is 0.0769. The molecule has 0 bridgehead atoms. The maximum Gasteiger partial charge on any atom is 0.255 e. The van der Waals surface area contributed by atoms with Crippen molar-refractivity contribution in [1.82, 2.24) is 4.98 Å². The Morgan fingerprint density at radius 3 is 2.75 bits per heavy atom. The highest BCUT2D eigenvalue weighted by molar-refractivity contribution is 9.10. The first-order valence-corrected chi connectivity index (χ1v) is 6.88. The number of carbonyl (C=O) groups excluding carboxylic acids is 1. The van der Waals surface area contributed by atoms with Gasteiger partial charge < -0.3 is 10.7 Å². The number of amides is 1. The Morgan fingerprint density at radius 1 is 1.35 bits per heavy atom. The van der Waals surface area contributed by atoms with E-state index in [2.05, 4.69) is 31.7 Å². The van der Waals surface area contributed by atoms with Gasteiger partial charge in [-0.05, 0) is 52.7 Å². The summed E-state index contributed by atoms with van der Waals surface area (Å²) in [6, 6.07) is 8.64. The van der Waals surface area contributed by atoms with Crippen molar-refractivity contribution in [2.45, 2.75) is 6.92 Å². The summed E-state index contributed by atoms with van der Waals surface area (Å²) in [6.07, 6.45) is 0. The number of hydrazine groups is 1. The molecule has 0 saturated carbocycles. The molecule has 4 N–H and O–H groups in total. The lowest BCUT2D eigenvalue weighted by molar-refractivity contribution is 0.102. The number of nitrogen functional groups attached to an aromatic ring is 1. The second-order valence-corrected chi connectivity index (χ2v) is 5.39. The summed E-state index contributed by atoms with van der Waals surface area (Å²) in [5.74, 6) is 5.30. The zero-order valence-corrected chi connectivity index (χ0v) is 12.9. The van der Waals surface area contributed by atoms with Gasteiger partial charge in [-0.15, -0.1) is 0 Å². The number of halogens is 2. The Hall–Kier alpha value is -1.63. The van der Waals surface area contributed by atoms with E-state index in [1.807, 2.05) is 25.1 Å². The van der Waals surface area contributed by atoms with Crippen LogP contribution >= 0.6 is 27.5 Å². The lowest BCUT2D eigenvalue weighted by Gasteiger charge is -2.09. The summed E-state index contributed by atoms with van der Waals surface area (Å²) in [4.78, 5) is 16.1. The largest absolute Gasteiger partial charge is 0.321 e. The molecule has 1 aromatic heterocycles. The predicted octanol–water partition coefficient (Wildman–Crippen LogP) is 3.34. The summed E-state index contributed by atoms with van der Waals surface area (Å²) >= 11 is 9.24. The van der Waals surface area contributed by atoms with Gasteiger partial charge in [-0.25, -0.2) is 10.8 Å². The molecule has 1 aromatic carbocycles. The smallest absolute Gasteiger partial charge is 0.255 e. The number of pyridine rings is 1. The van der Waals surface area contributed by atoms with Crippen molar-refractivity contribution in [1.29, 1.82) is 0 Å². The van der Waals surface area contributed by atoms with Crippen LogP contribution in [0.1, 0.15) is 15.9 Å². The van der Waals surface area contributed by atoms with Crippen molar-refractivity contribution in [3.8, 4) is 0 Å². The number of hydrogen-bond acceptors (Lipinski definition) is 4. The standard InChI is InChI=1S/C13H12BrClN4O/c1-7-2-3-10(9(14)4-7)17-13(20)8-5-11(15)18-12(6-8)19-16/h2-6H,16H2,1H3,(H,17,20)(H,18,19). The molecule has 2 aromatic rings. The highest BCUT2D eigenvalue weighted by atomic mass is 79.9. The second kappa shape index (κ2) is 6.21. The third-order valence-corrected chi connectivity index (χ3v) is 3.43. The Kier molecular flexibility index (Phi) is 4.59. The summed E-state index contributed by atoms with van der Waals surface area (Å²) in [5.41, 5.74) is 4.50. The number of carbonyl (C=O) groups is 1. The molecular formula is C13H12BrClN4O. The molecular weight excluding hydrogens is 344 g/mol. The molecule has 2 rings (SSSR count). The third kappa shape index (κ3) is 3.47. The quantitative estimate of drug-likeness (QED) is 0.448. The fourth-order valence-corrected chi connectivity index (χ4v) is 2.42. The van der Waals surface area contributed by atoms with Crippen LogP contribution in [0.2, 0.25) is 5.15 Å². The average molecular weight is 356 g/mol. The van der Waals surface area contributed by atoms with Gasteiger partial charge in [0.25, 0.3) is 5.91 Å². The number of nitrogens with zero attached hydrogens (tertiary/aromatic N) is 1. The van der Waals surface area contributed by atoms with Crippen LogP contribution in [0.25, 0.3) is 0 Å². The van der Waals surface area contributed by atoms with Crippen LogP contribution in [0.15, 0.2) is 34.8 Å². The maximum atomic E-state index is 12.2. The minimum Gasteiger partial charge on any atom is -0.321 e. The molecule has 5 nitrogen and oxygen atoms in total. The van der Waals surface area contributed by atoms with E-state index in [9.17, 15) is 4.79 Å². The Bertz CT molecular complexity index is 663. The number of hydrogen-bond donors (Lipinski definition) is 3. The number of rotatable bonds is 3. The molecule has 7 heteroatoms. The van der Waals surface area contributed by atoms with E-state index in [4.69, 9.17) is 17.4 Å². The van der Waals surface area contributed by atoms with Crippen molar-refractivity contribution >= 4 is 44.9 Å². The molecule has 0 aliphatic carbocycles. The SMILES string of the molecule is Cc1ccc(NC(=O)c2cc(Cl)nc(NN)c2)c(Br)c1. The van der Waals surface area contributed by atoms with Crippen molar-refractivity contribution in [2.24, 2.45) is 5.84 Å². The number of aromatic nitrogens is 1. The maximum absolute atomic E-state index is 12.2. The summed E-state index contributed by atoms with van der Waals surface area (Å²) < 4.78 is 0.808. The topological polar surface area (TPSA) is 80.0 Å². The van der Waals surface area contributed by atoms with E-state index in [0.717, 1.165) is 10.0 Å². The predicted molar refractivity (Wildman–Crippen MR) is 83.9 cm³/mol. The van der Waals surface area contributed by atoms with Gasteiger partial charge in [-0.1, -0.05) is 17.7 Å². The van der Waals surface area contributed by atoms with Gasteiger partial charge in [0.15, 0.2) is 0 Å². The summed E-state index contributed by atoms with van der Waals surface area (Å²) in [6.45, 7) is 1.97. The van der Waals surface area contributed by atoms with Gasteiger partial charge in [0.05, 0.1) is 5.69 Å². The highest BCUT2D eigenvalue weighted by Crippen LogP contribution is 2.24. The first kappa shape index (κ1) is 14.8. The molecule has 104 valence electrons. The van der Waals surface area contributed by atoms with Gasteiger partial charge in [0.1, 0.15) is 11.0 Å². The summed E-state index contributed by atoms with van der Waals surface area (Å²) in [5, 5.41) is 2.98. The lowest BCUT2D eigenvalue weighted by Crippen LogP contribution is -2.15. The van der Waals surface area contributed by atoms with E-state index >= 15 is 0 Å². The van der Waals surface area contributed by atoms with Crippen LogP contribution in [-0.2, 0) is 0 Å². The van der Waals surface area contributed by atoms with Gasteiger partial charge >= 0.3 is 0 Å². The molecule has 20 heavy (non-hydrogen) atoms.